The number of nitrogens with zero attached hydrogens (tertiary/aromatic N) is 3. The quantitative estimate of drug-likeness (QED) is 0.473. The molecular formula is C20H19ClF4N4O4. The molecule has 1 aliphatic heterocycles. The molecule has 0 saturated carbocycles. The number of aromatic nitrogens is 2. The van der Waals surface area contributed by atoms with Crippen molar-refractivity contribution in [3.05, 3.63) is 48.5 Å². The van der Waals surface area contributed by atoms with Crippen LogP contribution in [0.15, 0.2) is 43.0 Å². The molecule has 1 aromatic carbocycles. The number of rotatable bonds is 7. The number of carbonyl (C=O) groups is 2. The van der Waals surface area contributed by atoms with Gasteiger partial charge in [-0.25, -0.2) is 14.4 Å². The van der Waals surface area contributed by atoms with Gasteiger partial charge < -0.3 is 14.8 Å². The van der Waals surface area contributed by atoms with E-state index in [4.69, 9.17) is 16.3 Å². The van der Waals surface area contributed by atoms with Crippen molar-refractivity contribution in [1.82, 2.24) is 15.3 Å². The third kappa shape index (κ3) is 5.69. The zero-order chi connectivity index (χ0) is 24.2. The Hall–Kier alpha value is -2.99. The van der Waals surface area contributed by atoms with Gasteiger partial charge in [0.25, 0.3) is 17.4 Å². The van der Waals surface area contributed by atoms with Crippen LogP contribution in [0.4, 0.5) is 23.2 Å². The summed E-state index contributed by atoms with van der Waals surface area (Å²) in [5.74, 6) is -2.60. The minimum Gasteiger partial charge on any atom is -0.406 e. The van der Waals surface area contributed by atoms with E-state index in [0.717, 1.165) is 29.2 Å². The van der Waals surface area contributed by atoms with Crippen molar-refractivity contribution in [3.63, 3.8) is 0 Å². The van der Waals surface area contributed by atoms with Crippen molar-refractivity contribution in [2.24, 2.45) is 0 Å². The lowest BCUT2D eigenvalue weighted by molar-refractivity contribution is -0.274. The molecule has 0 radical (unpaired) electrons. The standard InChI is InChI=1S/C20H19ClF4N4O4/c1-19(12-8-26-11-27-9-12,18(31)28-13-6-7-32-10-13)29(17(30)16(21)22)14-2-4-15(5-3-14)33-20(23,24)25/h2-5,8-9,11,13,16H,6-7,10H2,1H3,(H,28,31)/t13-,16+,19+/m1/s1. The molecule has 1 aromatic heterocycles. The fraction of sp³-hybridized carbons (Fsp3) is 0.400. The Balaban J connectivity index is 2.08. The van der Waals surface area contributed by atoms with Crippen LogP contribution in [0.2, 0.25) is 0 Å². The molecule has 178 valence electrons. The second-order valence-corrected chi connectivity index (χ2v) is 7.63. The molecule has 8 nitrogen and oxygen atoms in total. The molecule has 0 aliphatic carbocycles. The van der Waals surface area contributed by atoms with E-state index in [9.17, 15) is 27.2 Å². The van der Waals surface area contributed by atoms with Crippen LogP contribution in [0.5, 0.6) is 5.75 Å². The molecule has 0 spiro atoms. The van der Waals surface area contributed by atoms with E-state index in [1.165, 1.54) is 25.6 Å². The maximum absolute atomic E-state index is 14.1. The van der Waals surface area contributed by atoms with Crippen LogP contribution in [0.25, 0.3) is 0 Å². The van der Waals surface area contributed by atoms with Crippen molar-refractivity contribution in [1.29, 1.82) is 0 Å². The van der Waals surface area contributed by atoms with Gasteiger partial charge in [0.05, 0.1) is 12.6 Å². The van der Waals surface area contributed by atoms with Gasteiger partial charge in [-0.1, -0.05) is 11.6 Å². The van der Waals surface area contributed by atoms with Crippen molar-refractivity contribution < 1.29 is 36.6 Å². The van der Waals surface area contributed by atoms with Gasteiger partial charge in [-0.3, -0.25) is 14.5 Å². The highest BCUT2D eigenvalue weighted by molar-refractivity contribution is 6.32. The van der Waals surface area contributed by atoms with Gasteiger partial charge in [0.15, 0.2) is 5.54 Å². The summed E-state index contributed by atoms with van der Waals surface area (Å²) in [6, 6.07) is 3.64. The second-order valence-electron chi connectivity index (χ2n) is 7.25. The second kappa shape index (κ2) is 9.87. The average molecular weight is 491 g/mol. The number of ether oxygens (including phenoxy) is 2. The summed E-state index contributed by atoms with van der Waals surface area (Å²) >= 11 is 5.45. The van der Waals surface area contributed by atoms with Crippen molar-refractivity contribution in [2.45, 2.75) is 36.9 Å². The molecule has 2 aromatic rings. The van der Waals surface area contributed by atoms with Gasteiger partial charge in [-0.05, 0) is 37.6 Å². The average Bonchev–Trinajstić information content (AvgIpc) is 3.27. The highest BCUT2D eigenvalue weighted by Crippen LogP contribution is 2.36. The Labute approximate surface area is 190 Å². The Bertz CT molecular complexity index is 972. The number of alkyl halides is 5. The van der Waals surface area contributed by atoms with E-state index in [1.54, 1.807) is 0 Å². The number of amides is 2. The predicted molar refractivity (Wildman–Crippen MR) is 108 cm³/mol. The first-order valence-corrected chi connectivity index (χ1v) is 10.1. The molecule has 13 heteroatoms. The monoisotopic (exact) mass is 490 g/mol. The number of hydrogen-bond acceptors (Lipinski definition) is 6. The molecule has 1 fully saturated rings. The fourth-order valence-electron chi connectivity index (χ4n) is 3.39. The first-order chi connectivity index (χ1) is 15.5. The molecule has 1 N–H and O–H groups in total. The van der Waals surface area contributed by atoms with Crippen LogP contribution in [0.3, 0.4) is 0 Å². The summed E-state index contributed by atoms with van der Waals surface area (Å²) in [7, 11) is 0. The van der Waals surface area contributed by atoms with Crippen LogP contribution in [-0.2, 0) is 19.9 Å². The van der Waals surface area contributed by atoms with Crippen LogP contribution < -0.4 is 15.0 Å². The first-order valence-electron chi connectivity index (χ1n) is 9.64. The normalized spacial score (nSPS) is 18.8. The summed E-state index contributed by atoms with van der Waals surface area (Å²) in [4.78, 5) is 34.8. The molecule has 33 heavy (non-hydrogen) atoms. The molecule has 1 aliphatic rings. The van der Waals surface area contributed by atoms with Crippen LogP contribution >= 0.6 is 11.6 Å². The van der Waals surface area contributed by atoms with E-state index in [0.29, 0.717) is 13.0 Å². The third-order valence-corrected chi connectivity index (χ3v) is 5.20. The summed E-state index contributed by atoms with van der Waals surface area (Å²) in [6.45, 7) is 1.99. The van der Waals surface area contributed by atoms with Crippen molar-refractivity contribution >= 4 is 29.1 Å². The van der Waals surface area contributed by atoms with Gasteiger partial charge in [-0.15, -0.1) is 13.2 Å². The molecule has 3 rings (SSSR count). The number of carbonyl (C=O) groups excluding carboxylic acids is 2. The summed E-state index contributed by atoms with van der Waals surface area (Å²) in [6.07, 6.45) is -0.690. The summed E-state index contributed by atoms with van der Waals surface area (Å²) in [5, 5.41) is 2.75. The number of halogens is 5. The van der Waals surface area contributed by atoms with Gasteiger partial charge in [0, 0.05) is 30.3 Å². The largest absolute Gasteiger partial charge is 0.573 e. The van der Waals surface area contributed by atoms with E-state index >= 15 is 0 Å². The Morgan fingerprint density at radius 1 is 1.24 bits per heavy atom. The van der Waals surface area contributed by atoms with Gasteiger partial charge >= 0.3 is 6.36 Å². The Morgan fingerprint density at radius 2 is 1.88 bits per heavy atom. The Morgan fingerprint density at radius 3 is 2.39 bits per heavy atom. The maximum atomic E-state index is 14.1. The lowest BCUT2D eigenvalue weighted by Crippen LogP contribution is -2.60. The van der Waals surface area contributed by atoms with E-state index < -0.39 is 35.1 Å². The molecule has 0 bridgehead atoms. The minimum absolute atomic E-state index is 0.109. The topological polar surface area (TPSA) is 93.6 Å². The van der Waals surface area contributed by atoms with Crippen LogP contribution in [0.1, 0.15) is 18.9 Å². The zero-order valence-corrected chi connectivity index (χ0v) is 17.9. The molecular weight excluding hydrogens is 472 g/mol. The molecule has 0 unspecified atom stereocenters. The number of hydrogen-bond donors (Lipinski definition) is 1. The van der Waals surface area contributed by atoms with Crippen LogP contribution in [0, 0.1) is 0 Å². The van der Waals surface area contributed by atoms with E-state index in [1.807, 2.05) is 0 Å². The molecule has 2 amide bonds. The molecule has 3 atom stereocenters. The highest BCUT2D eigenvalue weighted by Gasteiger charge is 2.47. The van der Waals surface area contributed by atoms with Crippen molar-refractivity contribution in [3.8, 4) is 5.75 Å². The summed E-state index contributed by atoms with van der Waals surface area (Å²) in [5.41, 5.74) is -4.47. The van der Waals surface area contributed by atoms with Crippen molar-refractivity contribution in [2.75, 3.05) is 18.1 Å². The SMILES string of the molecule is C[C@@](C(=O)N[C@@H]1CCOC1)(c1cncnc1)N(C(=O)[C@H](F)Cl)c1ccc(OC(F)(F)F)cc1. The lowest BCUT2D eigenvalue weighted by Gasteiger charge is -2.40. The van der Waals surface area contributed by atoms with Gasteiger partial charge in [-0.2, -0.15) is 0 Å². The third-order valence-electron chi connectivity index (χ3n) is 5.01. The first kappa shape index (κ1) is 24.6. The summed E-state index contributed by atoms with van der Waals surface area (Å²) < 4.78 is 60.7. The molecule has 1 saturated heterocycles. The maximum Gasteiger partial charge on any atom is 0.573 e. The van der Waals surface area contributed by atoms with Gasteiger partial charge in [0.1, 0.15) is 12.1 Å². The number of nitrogens with one attached hydrogen (secondary N) is 1. The smallest absolute Gasteiger partial charge is 0.406 e. The van der Waals surface area contributed by atoms with E-state index in [-0.39, 0.29) is 23.9 Å². The predicted octanol–water partition coefficient (Wildman–Crippen LogP) is 3.06. The Kier molecular flexibility index (Phi) is 7.38. The highest BCUT2D eigenvalue weighted by atomic mass is 35.5. The lowest BCUT2D eigenvalue weighted by atomic mass is 9.89. The van der Waals surface area contributed by atoms with Gasteiger partial charge in [0.2, 0.25) is 0 Å². The zero-order valence-electron chi connectivity index (χ0n) is 17.2. The number of anilines is 1. The number of benzene rings is 1. The fourth-order valence-corrected chi connectivity index (χ4v) is 3.48. The van der Waals surface area contributed by atoms with E-state index in [2.05, 4.69) is 20.0 Å². The molecule has 2 heterocycles. The minimum atomic E-state index is -4.93. The van der Waals surface area contributed by atoms with Crippen LogP contribution in [-0.4, -0.2) is 53.0 Å².